The Bertz CT molecular complexity index is 1340. The molecule has 1 atom stereocenters. The van der Waals surface area contributed by atoms with Crippen molar-refractivity contribution in [3.8, 4) is 11.3 Å². The van der Waals surface area contributed by atoms with E-state index in [0.29, 0.717) is 36.8 Å². The number of hydrogen-bond acceptors (Lipinski definition) is 6. The first kappa shape index (κ1) is 26.4. The van der Waals surface area contributed by atoms with Crippen LogP contribution in [0.5, 0.6) is 0 Å². The lowest BCUT2D eigenvalue weighted by Gasteiger charge is -2.27. The molecule has 2 aliphatic rings. The number of nitrogens with zero attached hydrogens (tertiary/aromatic N) is 2. The number of aromatic nitrogens is 1. The summed E-state index contributed by atoms with van der Waals surface area (Å²) in [5.41, 5.74) is 2.66. The van der Waals surface area contributed by atoms with Crippen LogP contribution in [-0.2, 0) is 21.2 Å². The molecule has 2 N–H and O–H groups in total. The van der Waals surface area contributed by atoms with E-state index in [-0.39, 0.29) is 16.6 Å². The largest absolute Gasteiger partial charge is 0.444 e. The first-order valence-corrected chi connectivity index (χ1v) is 14.7. The van der Waals surface area contributed by atoms with Crippen LogP contribution in [0.3, 0.4) is 0 Å². The third kappa shape index (κ3) is 6.24. The van der Waals surface area contributed by atoms with Crippen LogP contribution in [0.1, 0.15) is 44.1 Å². The molecule has 1 aliphatic carbocycles. The average Bonchev–Trinajstić information content (AvgIpc) is 3.59. The number of amides is 1. The van der Waals surface area contributed by atoms with E-state index in [2.05, 4.69) is 19.9 Å². The first-order chi connectivity index (χ1) is 18.4. The maximum Gasteiger partial charge on any atom is 0.241 e. The van der Waals surface area contributed by atoms with Crippen molar-refractivity contribution >= 4 is 21.6 Å². The normalized spacial score (nSPS) is 16.8. The predicted molar refractivity (Wildman–Crippen MR) is 143 cm³/mol. The van der Waals surface area contributed by atoms with Gasteiger partial charge < -0.3 is 14.6 Å². The molecule has 1 amide bonds. The van der Waals surface area contributed by atoms with Gasteiger partial charge in [0.15, 0.2) is 12.2 Å². The lowest BCUT2D eigenvalue weighted by molar-refractivity contribution is -0.123. The van der Waals surface area contributed by atoms with Gasteiger partial charge in [0, 0.05) is 30.9 Å². The van der Waals surface area contributed by atoms with Crippen molar-refractivity contribution in [3.05, 3.63) is 66.4 Å². The van der Waals surface area contributed by atoms with E-state index >= 15 is 0 Å². The summed E-state index contributed by atoms with van der Waals surface area (Å²) in [5, 5.41) is 2.94. The molecule has 202 valence electrons. The number of fused-ring (bicyclic) bond motifs is 1. The van der Waals surface area contributed by atoms with E-state index in [9.17, 15) is 17.6 Å². The second-order valence-electron chi connectivity index (χ2n) is 10.1. The van der Waals surface area contributed by atoms with Gasteiger partial charge >= 0.3 is 0 Å². The van der Waals surface area contributed by atoms with Gasteiger partial charge in [-0.2, -0.15) is 4.72 Å². The van der Waals surface area contributed by atoms with Crippen LogP contribution in [-0.4, -0.2) is 45.0 Å². The molecule has 0 saturated heterocycles. The van der Waals surface area contributed by atoms with Gasteiger partial charge in [-0.15, -0.1) is 0 Å². The molecular formula is C28H33FN4O4S. The number of benzene rings is 2. The first-order valence-electron chi connectivity index (χ1n) is 13.2. The van der Waals surface area contributed by atoms with Crippen LogP contribution in [0.25, 0.3) is 11.3 Å². The van der Waals surface area contributed by atoms with Crippen LogP contribution in [0.2, 0.25) is 0 Å². The van der Waals surface area contributed by atoms with Crippen molar-refractivity contribution in [1.29, 1.82) is 0 Å². The highest BCUT2D eigenvalue weighted by Gasteiger charge is 2.29. The second kappa shape index (κ2) is 11.7. The van der Waals surface area contributed by atoms with Gasteiger partial charge in [-0.1, -0.05) is 32.1 Å². The summed E-state index contributed by atoms with van der Waals surface area (Å²) in [6.07, 6.45) is 9.49. The molecule has 2 heterocycles. The quantitative estimate of drug-likeness (QED) is 0.398. The van der Waals surface area contributed by atoms with Crippen LogP contribution in [0.15, 0.2) is 64.4 Å². The summed E-state index contributed by atoms with van der Waals surface area (Å²) in [4.78, 5) is 19.4. The molecule has 5 rings (SSSR count). The molecule has 1 unspecified atom stereocenters. The van der Waals surface area contributed by atoms with Crippen LogP contribution in [0.4, 0.5) is 10.1 Å². The second-order valence-corrected chi connectivity index (χ2v) is 11.8. The van der Waals surface area contributed by atoms with E-state index in [1.807, 2.05) is 0 Å². The summed E-state index contributed by atoms with van der Waals surface area (Å²) in [7, 11) is -3.93. The summed E-state index contributed by atoms with van der Waals surface area (Å²) in [6, 6.07) is 10.2. The van der Waals surface area contributed by atoms with Crippen molar-refractivity contribution in [2.24, 2.45) is 5.92 Å². The van der Waals surface area contributed by atoms with E-state index < -0.39 is 16.1 Å². The molecular weight excluding hydrogens is 507 g/mol. The Morgan fingerprint density at radius 2 is 1.92 bits per heavy atom. The van der Waals surface area contributed by atoms with Gasteiger partial charge in [-0.3, -0.25) is 4.79 Å². The maximum atomic E-state index is 13.5. The summed E-state index contributed by atoms with van der Waals surface area (Å²) < 4.78 is 48.0. The van der Waals surface area contributed by atoms with Gasteiger partial charge in [0.05, 0.1) is 11.1 Å². The Balaban J connectivity index is 1.24. The SMILES string of the molecule is O=C(NCCN1CCc2cc(F)ccc21)C(CC1CCCCC1)NS(=O)(=O)c1ccc(-c2cnco2)cc1. The number of hydrogen-bond donors (Lipinski definition) is 2. The molecule has 0 radical (unpaired) electrons. The summed E-state index contributed by atoms with van der Waals surface area (Å²) >= 11 is 0. The Kier molecular flexibility index (Phi) is 8.09. The van der Waals surface area contributed by atoms with Gasteiger partial charge in [0.2, 0.25) is 15.9 Å². The molecule has 38 heavy (non-hydrogen) atoms. The number of sulfonamides is 1. The minimum Gasteiger partial charge on any atom is -0.444 e. The van der Waals surface area contributed by atoms with Crippen molar-refractivity contribution in [3.63, 3.8) is 0 Å². The number of halogens is 1. The van der Waals surface area contributed by atoms with Crippen molar-refractivity contribution in [2.45, 2.75) is 55.9 Å². The third-order valence-electron chi connectivity index (χ3n) is 7.50. The minimum absolute atomic E-state index is 0.0862. The zero-order chi connectivity index (χ0) is 26.5. The molecule has 1 aromatic heterocycles. The Labute approximate surface area is 222 Å². The van der Waals surface area contributed by atoms with Crippen molar-refractivity contribution in [1.82, 2.24) is 15.0 Å². The number of oxazole rings is 1. The van der Waals surface area contributed by atoms with Crippen LogP contribution in [0, 0.1) is 11.7 Å². The van der Waals surface area contributed by atoms with E-state index in [4.69, 9.17) is 4.42 Å². The molecule has 8 nitrogen and oxygen atoms in total. The average molecular weight is 541 g/mol. The van der Waals surface area contributed by atoms with Crippen molar-refractivity contribution < 1.29 is 22.0 Å². The fourth-order valence-corrected chi connectivity index (χ4v) is 6.69. The minimum atomic E-state index is -3.93. The van der Waals surface area contributed by atoms with Gasteiger partial charge in [-0.25, -0.2) is 17.8 Å². The smallest absolute Gasteiger partial charge is 0.241 e. The highest BCUT2D eigenvalue weighted by atomic mass is 32.2. The molecule has 0 spiro atoms. The maximum absolute atomic E-state index is 13.5. The number of nitrogens with one attached hydrogen (secondary N) is 2. The number of rotatable bonds is 10. The van der Waals surface area contributed by atoms with Gasteiger partial charge in [0.25, 0.3) is 0 Å². The zero-order valence-electron chi connectivity index (χ0n) is 21.2. The fraction of sp³-hybridized carbons (Fsp3) is 0.429. The molecule has 1 aliphatic heterocycles. The molecule has 2 aromatic carbocycles. The lowest BCUT2D eigenvalue weighted by Crippen LogP contribution is -2.49. The molecule has 1 fully saturated rings. The van der Waals surface area contributed by atoms with Gasteiger partial charge in [0.1, 0.15) is 11.9 Å². The molecule has 0 bridgehead atoms. The Morgan fingerprint density at radius 1 is 1.13 bits per heavy atom. The highest BCUT2D eigenvalue weighted by Crippen LogP contribution is 2.29. The highest BCUT2D eigenvalue weighted by molar-refractivity contribution is 7.89. The molecule has 1 saturated carbocycles. The number of carbonyl (C=O) groups excluding carboxylic acids is 1. The standard InChI is InChI=1S/C28H33FN4O4S/c29-23-8-11-26-22(17-23)12-14-33(26)15-13-31-28(34)25(16-20-4-2-1-3-5-20)32-38(35,36)24-9-6-21(7-10-24)27-18-30-19-37-27/h6-11,17-20,25,32H,1-5,12-16H2,(H,31,34). The topological polar surface area (TPSA) is 105 Å². The fourth-order valence-electron chi connectivity index (χ4n) is 5.49. The predicted octanol–water partition coefficient (Wildman–Crippen LogP) is 4.28. The van der Waals surface area contributed by atoms with Crippen LogP contribution < -0.4 is 14.9 Å². The summed E-state index contributed by atoms with van der Waals surface area (Å²) in [5.74, 6) is 0.277. The van der Waals surface area contributed by atoms with Crippen molar-refractivity contribution in [2.75, 3.05) is 24.5 Å². The van der Waals surface area contributed by atoms with Crippen LogP contribution >= 0.6 is 0 Å². The third-order valence-corrected chi connectivity index (χ3v) is 8.99. The lowest BCUT2D eigenvalue weighted by atomic mass is 9.85. The summed E-state index contributed by atoms with van der Waals surface area (Å²) in [6.45, 7) is 1.69. The zero-order valence-corrected chi connectivity index (χ0v) is 22.1. The molecule has 3 aromatic rings. The Morgan fingerprint density at radius 3 is 2.66 bits per heavy atom. The van der Waals surface area contributed by atoms with E-state index in [1.54, 1.807) is 30.5 Å². The molecule has 10 heteroatoms. The monoisotopic (exact) mass is 540 g/mol. The van der Waals surface area contributed by atoms with E-state index in [1.165, 1.54) is 31.0 Å². The Hall–Kier alpha value is -3.24. The number of anilines is 1. The van der Waals surface area contributed by atoms with Gasteiger partial charge in [-0.05, 0) is 66.8 Å². The van der Waals surface area contributed by atoms with E-state index in [0.717, 1.165) is 49.9 Å². The number of carbonyl (C=O) groups is 1.